The molecule has 0 fully saturated rings. The van der Waals surface area contributed by atoms with E-state index in [9.17, 15) is 19.7 Å². The Morgan fingerprint density at radius 1 is 1.10 bits per heavy atom. The quantitative estimate of drug-likeness (QED) is 0.483. The average Bonchev–Trinajstić information content (AvgIpc) is 2.76. The monoisotopic (exact) mass is 419 g/mol. The Hall–Kier alpha value is -3.88. The van der Waals surface area contributed by atoms with Crippen molar-refractivity contribution in [2.75, 3.05) is 11.5 Å². The van der Waals surface area contributed by atoms with Gasteiger partial charge in [-0.05, 0) is 23.3 Å². The number of aromatic amines is 1. The van der Waals surface area contributed by atoms with Crippen molar-refractivity contribution in [3.63, 3.8) is 0 Å². The summed E-state index contributed by atoms with van der Waals surface area (Å²) in [5.74, 6) is -1.04. The molecular weight excluding hydrogens is 403 g/mol. The number of carbonyl (C=O) groups is 1. The lowest BCUT2D eigenvalue weighted by molar-refractivity contribution is -0.410. The number of nitrogens with zero attached hydrogens (tertiary/aromatic N) is 2. The number of anilines is 1. The van der Waals surface area contributed by atoms with Crippen molar-refractivity contribution in [2.24, 2.45) is 0 Å². The third-order valence-electron chi connectivity index (χ3n) is 4.16. The summed E-state index contributed by atoms with van der Waals surface area (Å²) in [7, 11) is 0. The number of H-pyrrole nitrogens is 1. The number of esters is 1. The molecule has 3 N–H and O–H groups in total. The van der Waals surface area contributed by atoms with Crippen LogP contribution in [0.2, 0.25) is 0 Å². The van der Waals surface area contributed by atoms with E-state index in [-0.39, 0.29) is 34.9 Å². The van der Waals surface area contributed by atoms with Gasteiger partial charge in [0.2, 0.25) is 0 Å². The molecule has 2 aromatic carbocycles. The van der Waals surface area contributed by atoms with Crippen LogP contribution in [0.15, 0.2) is 59.6 Å². The molecule has 148 valence electrons. The van der Waals surface area contributed by atoms with E-state index < -0.39 is 11.8 Å². The van der Waals surface area contributed by atoms with Gasteiger partial charge in [-0.1, -0.05) is 54.2 Å². The Labute approximate surface area is 176 Å². The first-order valence-electron chi connectivity index (χ1n) is 8.80. The van der Waals surface area contributed by atoms with Gasteiger partial charge in [-0.2, -0.15) is 10.5 Å². The van der Waals surface area contributed by atoms with Gasteiger partial charge in [0.25, 0.3) is 5.82 Å². The average molecular weight is 419 g/mol. The van der Waals surface area contributed by atoms with Crippen LogP contribution in [0.5, 0.6) is 0 Å². The van der Waals surface area contributed by atoms with E-state index in [1.165, 1.54) is 18.2 Å². The number of ether oxygens (including phenoxy) is 1. The van der Waals surface area contributed by atoms with Crippen LogP contribution in [0.4, 0.5) is 10.2 Å². The molecule has 30 heavy (non-hydrogen) atoms. The van der Waals surface area contributed by atoms with E-state index in [1.54, 1.807) is 6.07 Å². The van der Waals surface area contributed by atoms with Crippen molar-refractivity contribution in [2.45, 2.75) is 11.6 Å². The largest absolute Gasteiger partial charge is 0.460 e. The minimum Gasteiger partial charge on any atom is -0.460 e. The van der Waals surface area contributed by atoms with E-state index in [4.69, 9.17) is 10.5 Å². The molecule has 1 heterocycles. The number of aromatic nitrogens is 1. The lowest BCUT2D eigenvalue weighted by Crippen LogP contribution is -2.19. The predicted octanol–water partition coefficient (Wildman–Crippen LogP) is 3.47. The minimum atomic E-state index is -0.509. The normalized spacial score (nSPS) is 10.1. The van der Waals surface area contributed by atoms with Crippen molar-refractivity contribution in [3.05, 3.63) is 77.1 Å². The summed E-state index contributed by atoms with van der Waals surface area (Å²) in [6, 6.07) is 18.8. The third kappa shape index (κ3) is 4.75. The molecule has 0 unspecified atom stereocenters. The molecule has 8 heteroatoms. The number of rotatable bonds is 6. The number of nitriles is 2. The first-order chi connectivity index (χ1) is 14.5. The van der Waals surface area contributed by atoms with E-state index in [1.807, 2.05) is 42.5 Å². The minimum absolute atomic E-state index is 0.0240. The Balaban J connectivity index is 1.86. The van der Waals surface area contributed by atoms with Gasteiger partial charge in [-0.25, -0.2) is 9.37 Å². The van der Waals surface area contributed by atoms with Gasteiger partial charge in [0.05, 0.1) is 5.75 Å². The van der Waals surface area contributed by atoms with Crippen LogP contribution in [-0.4, -0.2) is 11.7 Å². The van der Waals surface area contributed by atoms with Crippen LogP contribution in [-0.2, 0) is 16.1 Å². The first kappa shape index (κ1) is 20.8. The van der Waals surface area contributed by atoms with Crippen LogP contribution < -0.4 is 10.7 Å². The maximum atomic E-state index is 13.7. The molecule has 0 aliphatic heterocycles. The van der Waals surface area contributed by atoms with E-state index >= 15 is 0 Å². The number of thioether (sulfide) groups is 1. The summed E-state index contributed by atoms with van der Waals surface area (Å²) in [5.41, 5.74) is 7.52. The molecule has 0 atom stereocenters. The Kier molecular flexibility index (Phi) is 6.63. The summed E-state index contributed by atoms with van der Waals surface area (Å²) < 4.78 is 19.0. The zero-order valence-electron chi connectivity index (χ0n) is 15.7. The Morgan fingerprint density at radius 3 is 2.50 bits per heavy atom. The summed E-state index contributed by atoms with van der Waals surface area (Å²) in [6.07, 6.45) is 0. The number of halogens is 1. The first-order valence-corrected chi connectivity index (χ1v) is 9.79. The van der Waals surface area contributed by atoms with Gasteiger partial charge in [0, 0.05) is 5.56 Å². The molecule has 0 aliphatic rings. The second-order valence-electron chi connectivity index (χ2n) is 6.16. The number of nitrogens with one attached hydrogen (secondary N) is 1. The highest BCUT2D eigenvalue weighted by molar-refractivity contribution is 7.99. The van der Waals surface area contributed by atoms with Crippen LogP contribution >= 0.6 is 11.8 Å². The molecule has 0 aliphatic carbocycles. The van der Waals surface area contributed by atoms with Gasteiger partial charge in [0.15, 0.2) is 5.03 Å². The molecule has 0 saturated heterocycles. The molecule has 6 nitrogen and oxygen atoms in total. The maximum Gasteiger partial charge on any atom is 0.316 e. The van der Waals surface area contributed by atoms with Gasteiger partial charge in [-0.15, -0.1) is 0 Å². The van der Waals surface area contributed by atoms with Crippen LogP contribution in [0, 0.1) is 28.5 Å². The smallest absolute Gasteiger partial charge is 0.316 e. The highest BCUT2D eigenvalue weighted by atomic mass is 32.2. The molecule has 0 saturated carbocycles. The molecule has 3 rings (SSSR count). The maximum absolute atomic E-state index is 13.7. The second-order valence-corrected chi connectivity index (χ2v) is 7.15. The second kappa shape index (κ2) is 9.55. The predicted molar refractivity (Wildman–Crippen MR) is 109 cm³/mol. The van der Waals surface area contributed by atoms with E-state index in [0.717, 1.165) is 17.3 Å². The SMILES string of the molecule is N#Cc1c(N)[nH+]c(SCC(=O)OCc2ccccc2)c(C#N)c1-c1cccc(F)c1. The molecule has 0 spiro atoms. The van der Waals surface area contributed by atoms with Crippen LogP contribution in [0.3, 0.4) is 0 Å². The number of pyridine rings is 1. The molecule has 0 amide bonds. The van der Waals surface area contributed by atoms with Gasteiger partial charge >= 0.3 is 5.97 Å². The summed E-state index contributed by atoms with van der Waals surface area (Å²) >= 11 is 1.03. The van der Waals surface area contributed by atoms with Crippen molar-refractivity contribution in [3.8, 4) is 23.3 Å². The zero-order chi connectivity index (χ0) is 21.5. The molecule has 1 aromatic heterocycles. The van der Waals surface area contributed by atoms with Gasteiger partial charge < -0.3 is 4.74 Å². The van der Waals surface area contributed by atoms with E-state index in [2.05, 4.69) is 4.98 Å². The third-order valence-corrected chi connectivity index (χ3v) is 5.13. The number of nitrogen functional groups attached to an aromatic ring is 1. The lowest BCUT2D eigenvalue weighted by Gasteiger charge is -2.10. The number of carbonyl (C=O) groups excluding carboxylic acids is 1. The fraction of sp³-hybridized carbons (Fsp3) is 0.0909. The van der Waals surface area contributed by atoms with E-state index in [0.29, 0.717) is 10.6 Å². The summed E-state index contributed by atoms with van der Waals surface area (Å²) in [4.78, 5) is 14.9. The number of nitrogens with two attached hydrogens (primary N) is 1. The zero-order valence-corrected chi connectivity index (χ0v) is 16.5. The van der Waals surface area contributed by atoms with Crippen LogP contribution in [0.25, 0.3) is 11.1 Å². The Morgan fingerprint density at radius 2 is 1.83 bits per heavy atom. The van der Waals surface area contributed by atoms with Crippen molar-refractivity contribution in [1.82, 2.24) is 0 Å². The topological polar surface area (TPSA) is 114 Å². The number of benzene rings is 2. The molecule has 0 bridgehead atoms. The standard InChI is InChI=1S/C22H15FN4O2S/c23-16-8-4-7-15(9-16)20-17(10-24)21(26)27-22(18(20)11-25)30-13-19(28)29-12-14-5-2-1-3-6-14/h1-9H,12-13H2,(H2,26,27)/p+1. The van der Waals surface area contributed by atoms with Gasteiger partial charge in [-0.3, -0.25) is 10.5 Å². The molecule has 3 aromatic rings. The summed E-state index contributed by atoms with van der Waals surface area (Å²) in [5, 5.41) is 19.5. The van der Waals surface area contributed by atoms with Crippen LogP contribution in [0.1, 0.15) is 16.7 Å². The van der Waals surface area contributed by atoms with Crippen molar-refractivity contribution >= 4 is 23.5 Å². The Bertz CT molecular complexity index is 1170. The fourth-order valence-electron chi connectivity index (χ4n) is 2.80. The fourth-order valence-corrected chi connectivity index (χ4v) is 3.61. The highest BCUT2D eigenvalue weighted by Crippen LogP contribution is 2.33. The van der Waals surface area contributed by atoms with Gasteiger partial charge in [0.1, 0.15) is 35.7 Å². The molecule has 0 radical (unpaired) electrons. The van der Waals surface area contributed by atoms with Crippen molar-refractivity contribution in [1.29, 1.82) is 10.5 Å². The molecular formula is C22H16FN4O2S+. The summed E-state index contributed by atoms with van der Waals surface area (Å²) in [6.45, 7) is 0.138. The number of hydrogen-bond acceptors (Lipinski definition) is 6. The lowest BCUT2D eigenvalue weighted by atomic mass is 9.97. The highest BCUT2D eigenvalue weighted by Gasteiger charge is 2.24. The number of hydrogen-bond donors (Lipinski definition) is 1. The van der Waals surface area contributed by atoms with Crippen molar-refractivity contribution < 1.29 is 18.9 Å².